The van der Waals surface area contributed by atoms with E-state index in [9.17, 15) is 18.3 Å². The lowest BCUT2D eigenvalue weighted by atomic mass is 10.0. The zero-order valence-corrected chi connectivity index (χ0v) is 20.4. The van der Waals surface area contributed by atoms with Gasteiger partial charge in [-0.3, -0.25) is 9.89 Å². The molecule has 1 unspecified atom stereocenters. The number of nitrogens with one attached hydrogen (secondary N) is 2. The summed E-state index contributed by atoms with van der Waals surface area (Å²) < 4.78 is 27.9. The number of rotatable bonds is 6. The Morgan fingerprint density at radius 1 is 1.18 bits per heavy atom. The summed E-state index contributed by atoms with van der Waals surface area (Å²) in [7, 11) is -3.58. The van der Waals surface area contributed by atoms with Gasteiger partial charge in [-0.05, 0) is 80.6 Å². The number of benzene rings is 2. The van der Waals surface area contributed by atoms with Gasteiger partial charge >= 0.3 is 0 Å². The van der Waals surface area contributed by atoms with E-state index in [1.54, 1.807) is 28.6 Å². The van der Waals surface area contributed by atoms with Crippen molar-refractivity contribution in [3.63, 3.8) is 0 Å². The molecule has 2 aromatic carbocycles. The number of amides is 1. The molecular formula is C25H30N4O4S. The number of phenols is 1. The number of nitrogens with zero attached hydrogens (tertiary/aromatic N) is 2. The van der Waals surface area contributed by atoms with Crippen LogP contribution in [0.15, 0.2) is 47.4 Å². The van der Waals surface area contributed by atoms with Crippen molar-refractivity contribution in [2.24, 2.45) is 0 Å². The van der Waals surface area contributed by atoms with Gasteiger partial charge in [0.2, 0.25) is 10.0 Å². The molecule has 1 atom stereocenters. The van der Waals surface area contributed by atoms with E-state index < -0.39 is 15.9 Å². The molecule has 1 aliphatic heterocycles. The summed E-state index contributed by atoms with van der Waals surface area (Å²) in [5, 5.41) is 20.0. The van der Waals surface area contributed by atoms with E-state index in [0.717, 1.165) is 36.8 Å². The van der Waals surface area contributed by atoms with Crippen molar-refractivity contribution < 1.29 is 18.3 Å². The number of hydrogen-bond acceptors (Lipinski definition) is 5. The second-order valence-electron chi connectivity index (χ2n) is 8.79. The molecule has 180 valence electrons. The zero-order valence-electron chi connectivity index (χ0n) is 19.6. The third-order valence-electron chi connectivity index (χ3n) is 6.30. The number of carbonyl (C=O) groups excluding carboxylic acids is 1. The summed E-state index contributed by atoms with van der Waals surface area (Å²) in [4.78, 5) is 12.9. The minimum absolute atomic E-state index is 0.0318. The standard InChI is InChI=1S/C25H30N4O4S/c1-4-19-7-5-6-12-29(19)34(32,33)20-10-8-18(9-11-20)26-25(31)22-15-21(27-28-22)24-17(3)13-16(2)14-23(24)30/h8-11,13-15,19,30H,4-7,12H2,1-3H3,(H,26,31)(H,27,28). The third kappa shape index (κ3) is 4.71. The van der Waals surface area contributed by atoms with Crippen molar-refractivity contribution >= 4 is 21.6 Å². The van der Waals surface area contributed by atoms with Gasteiger partial charge in [0.25, 0.3) is 5.91 Å². The molecule has 1 saturated heterocycles. The quantitative estimate of drug-likeness (QED) is 0.475. The predicted molar refractivity (Wildman–Crippen MR) is 131 cm³/mol. The third-order valence-corrected chi connectivity index (χ3v) is 8.27. The average Bonchev–Trinajstić information content (AvgIpc) is 3.28. The van der Waals surface area contributed by atoms with Crippen molar-refractivity contribution in [3.8, 4) is 17.0 Å². The Morgan fingerprint density at radius 2 is 1.91 bits per heavy atom. The topological polar surface area (TPSA) is 115 Å². The highest BCUT2D eigenvalue weighted by atomic mass is 32.2. The first-order valence-corrected chi connectivity index (χ1v) is 12.9. The lowest BCUT2D eigenvalue weighted by Gasteiger charge is -2.34. The molecule has 2 heterocycles. The molecule has 1 aromatic heterocycles. The van der Waals surface area contributed by atoms with E-state index in [0.29, 0.717) is 23.5 Å². The first kappa shape index (κ1) is 24.0. The van der Waals surface area contributed by atoms with Gasteiger partial charge in [0.05, 0.1) is 10.6 Å². The molecule has 9 heteroatoms. The Labute approximate surface area is 200 Å². The van der Waals surface area contributed by atoms with Crippen LogP contribution < -0.4 is 5.32 Å². The van der Waals surface area contributed by atoms with Crippen molar-refractivity contribution in [1.82, 2.24) is 14.5 Å². The van der Waals surface area contributed by atoms with Crippen LogP contribution >= 0.6 is 0 Å². The van der Waals surface area contributed by atoms with Gasteiger partial charge < -0.3 is 10.4 Å². The smallest absolute Gasteiger partial charge is 0.273 e. The van der Waals surface area contributed by atoms with Crippen LogP contribution in [0.4, 0.5) is 5.69 Å². The minimum Gasteiger partial charge on any atom is -0.507 e. The molecule has 8 nitrogen and oxygen atoms in total. The van der Waals surface area contributed by atoms with Crippen molar-refractivity contribution in [3.05, 3.63) is 59.3 Å². The summed E-state index contributed by atoms with van der Waals surface area (Å²) in [5.41, 5.74) is 3.52. The molecule has 0 saturated carbocycles. The molecule has 0 radical (unpaired) electrons. The van der Waals surface area contributed by atoms with E-state index in [1.165, 1.54) is 12.1 Å². The molecule has 1 fully saturated rings. The molecule has 34 heavy (non-hydrogen) atoms. The van der Waals surface area contributed by atoms with Crippen LogP contribution in [0.5, 0.6) is 5.75 Å². The maximum absolute atomic E-state index is 13.1. The fraction of sp³-hybridized carbons (Fsp3) is 0.360. The molecule has 0 aliphatic carbocycles. The fourth-order valence-corrected chi connectivity index (χ4v) is 6.35. The normalized spacial score (nSPS) is 17.0. The summed E-state index contributed by atoms with van der Waals surface area (Å²) in [6.45, 7) is 6.32. The summed E-state index contributed by atoms with van der Waals surface area (Å²) >= 11 is 0. The Hall–Kier alpha value is -3.17. The van der Waals surface area contributed by atoms with Crippen LogP contribution in [0, 0.1) is 13.8 Å². The first-order valence-electron chi connectivity index (χ1n) is 11.5. The molecule has 0 spiro atoms. The van der Waals surface area contributed by atoms with Crippen molar-refractivity contribution in [2.45, 2.75) is 57.4 Å². The SMILES string of the molecule is CCC1CCCCN1S(=O)(=O)c1ccc(NC(=O)c2cc(-c3c(C)cc(C)cc3O)n[nH]2)cc1. The monoisotopic (exact) mass is 482 g/mol. The Kier molecular flexibility index (Phi) is 6.77. The maximum atomic E-state index is 13.1. The van der Waals surface area contributed by atoms with Gasteiger partial charge in [0.15, 0.2) is 0 Å². The second-order valence-corrected chi connectivity index (χ2v) is 10.7. The fourth-order valence-electron chi connectivity index (χ4n) is 4.59. The predicted octanol–water partition coefficient (Wildman–Crippen LogP) is 4.60. The van der Waals surface area contributed by atoms with E-state index >= 15 is 0 Å². The van der Waals surface area contributed by atoms with Gasteiger partial charge in [-0.1, -0.05) is 19.4 Å². The molecular weight excluding hydrogens is 452 g/mol. The molecule has 0 bridgehead atoms. The van der Waals surface area contributed by atoms with Crippen LogP contribution in [-0.2, 0) is 10.0 Å². The first-order chi connectivity index (χ1) is 16.2. The molecule has 4 rings (SSSR count). The number of H-pyrrole nitrogens is 1. The summed E-state index contributed by atoms with van der Waals surface area (Å²) in [6, 6.07) is 11.4. The van der Waals surface area contributed by atoms with Crippen LogP contribution in [0.3, 0.4) is 0 Å². The number of aromatic nitrogens is 2. The molecule has 3 N–H and O–H groups in total. The van der Waals surface area contributed by atoms with E-state index in [4.69, 9.17) is 0 Å². The van der Waals surface area contributed by atoms with Gasteiger partial charge in [-0.15, -0.1) is 0 Å². The number of aromatic hydroxyl groups is 1. The van der Waals surface area contributed by atoms with Gasteiger partial charge in [-0.2, -0.15) is 9.40 Å². The number of carbonyl (C=O) groups is 1. The van der Waals surface area contributed by atoms with Gasteiger partial charge in [-0.25, -0.2) is 8.42 Å². The lowest BCUT2D eigenvalue weighted by Crippen LogP contribution is -2.43. The number of sulfonamides is 1. The van der Waals surface area contributed by atoms with Crippen LogP contribution in [0.1, 0.15) is 54.2 Å². The zero-order chi connectivity index (χ0) is 24.5. The summed E-state index contributed by atoms with van der Waals surface area (Å²) in [6.07, 6.45) is 3.60. The van der Waals surface area contributed by atoms with Gasteiger partial charge in [0.1, 0.15) is 11.4 Å². The van der Waals surface area contributed by atoms with E-state index in [-0.39, 0.29) is 22.4 Å². The Balaban J connectivity index is 1.49. The van der Waals surface area contributed by atoms with E-state index in [2.05, 4.69) is 15.5 Å². The number of piperidine rings is 1. The Morgan fingerprint density at radius 3 is 2.59 bits per heavy atom. The average molecular weight is 483 g/mol. The van der Waals surface area contributed by atoms with Crippen LogP contribution in [-0.4, -0.2) is 46.5 Å². The number of aryl methyl sites for hydroxylation is 2. The number of hydrogen-bond donors (Lipinski definition) is 3. The molecule has 1 aliphatic rings. The summed E-state index contributed by atoms with van der Waals surface area (Å²) in [5.74, 6) is -0.313. The van der Waals surface area contributed by atoms with Crippen molar-refractivity contribution in [1.29, 1.82) is 0 Å². The highest BCUT2D eigenvalue weighted by molar-refractivity contribution is 7.89. The number of phenolic OH excluding ortho intramolecular Hbond substituents is 1. The number of aromatic amines is 1. The highest BCUT2D eigenvalue weighted by Crippen LogP contribution is 2.33. The van der Waals surface area contributed by atoms with Gasteiger partial charge in [0, 0.05) is 23.8 Å². The number of anilines is 1. The molecule has 1 amide bonds. The van der Waals surface area contributed by atoms with E-state index in [1.807, 2.05) is 26.8 Å². The van der Waals surface area contributed by atoms with Crippen LogP contribution in [0.2, 0.25) is 0 Å². The minimum atomic E-state index is -3.58. The Bertz CT molecular complexity index is 1280. The highest BCUT2D eigenvalue weighted by Gasteiger charge is 2.32. The van der Waals surface area contributed by atoms with Crippen LogP contribution in [0.25, 0.3) is 11.3 Å². The largest absolute Gasteiger partial charge is 0.507 e. The van der Waals surface area contributed by atoms with Crippen molar-refractivity contribution in [2.75, 3.05) is 11.9 Å². The lowest BCUT2D eigenvalue weighted by molar-refractivity contribution is 0.102. The maximum Gasteiger partial charge on any atom is 0.273 e. The second kappa shape index (κ2) is 9.60. The molecule has 3 aromatic rings.